The summed E-state index contributed by atoms with van der Waals surface area (Å²) in [7, 11) is 0. The molecule has 0 bridgehead atoms. The summed E-state index contributed by atoms with van der Waals surface area (Å²) in [6.45, 7) is 3.60. The molecule has 2 unspecified atom stereocenters. The third kappa shape index (κ3) is 6.24. The average Bonchev–Trinajstić information content (AvgIpc) is 3.06. The smallest absolute Gasteiger partial charge is 0.357 e. The van der Waals surface area contributed by atoms with Gasteiger partial charge < -0.3 is 10.6 Å². The van der Waals surface area contributed by atoms with Gasteiger partial charge in [-0.3, -0.25) is 9.89 Å². The van der Waals surface area contributed by atoms with Crippen LogP contribution in [0, 0.1) is 0 Å². The van der Waals surface area contributed by atoms with Crippen LogP contribution in [0.4, 0.5) is 13.2 Å². The first-order valence-corrected chi connectivity index (χ1v) is 8.96. The number of hydrogen-bond acceptors (Lipinski definition) is 3. The zero-order chi connectivity index (χ0) is 16.0. The first-order valence-electron chi connectivity index (χ1n) is 7.92. The van der Waals surface area contributed by atoms with E-state index in [2.05, 4.69) is 15.6 Å². The van der Waals surface area contributed by atoms with Crippen molar-refractivity contribution in [2.24, 2.45) is 4.99 Å². The van der Waals surface area contributed by atoms with E-state index in [-0.39, 0.29) is 6.04 Å². The van der Waals surface area contributed by atoms with Crippen LogP contribution in [0.15, 0.2) is 4.99 Å². The van der Waals surface area contributed by atoms with Gasteiger partial charge in [0.1, 0.15) is 0 Å². The van der Waals surface area contributed by atoms with E-state index in [0.717, 1.165) is 25.5 Å². The molecule has 22 heavy (non-hydrogen) atoms. The van der Waals surface area contributed by atoms with Gasteiger partial charge in [0.25, 0.3) is 0 Å². The maximum absolute atomic E-state index is 12.4. The highest BCUT2D eigenvalue weighted by Crippen LogP contribution is 2.26. The van der Waals surface area contributed by atoms with Gasteiger partial charge in [-0.05, 0) is 31.9 Å². The Morgan fingerprint density at radius 3 is 2.82 bits per heavy atom. The third-order valence-corrected chi connectivity index (χ3v) is 5.22. The van der Waals surface area contributed by atoms with Gasteiger partial charge in [-0.1, -0.05) is 0 Å². The van der Waals surface area contributed by atoms with E-state index in [4.69, 9.17) is 0 Å². The molecule has 0 spiro atoms. The zero-order valence-electron chi connectivity index (χ0n) is 13.0. The van der Waals surface area contributed by atoms with Gasteiger partial charge in [-0.15, -0.1) is 0 Å². The molecular weight excluding hydrogens is 313 g/mol. The van der Waals surface area contributed by atoms with Crippen molar-refractivity contribution >= 4 is 17.7 Å². The second-order valence-corrected chi connectivity index (χ2v) is 7.24. The minimum atomic E-state index is -4.12. The van der Waals surface area contributed by atoms with Crippen molar-refractivity contribution in [3.8, 4) is 0 Å². The van der Waals surface area contributed by atoms with Crippen LogP contribution >= 0.6 is 11.8 Å². The van der Waals surface area contributed by atoms with Gasteiger partial charge in [-0.25, -0.2) is 0 Å². The molecule has 2 heterocycles. The second kappa shape index (κ2) is 8.29. The molecule has 128 valence electrons. The molecule has 0 amide bonds. The van der Waals surface area contributed by atoms with Crippen molar-refractivity contribution < 1.29 is 13.2 Å². The Labute approximate surface area is 134 Å². The van der Waals surface area contributed by atoms with Gasteiger partial charge in [0, 0.05) is 30.9 Å². The first kappa shape index (κ1) is 17.7. The van der Waals surface area contributed by atoms with Crippen molar-refractivity contribution in [3.63, 3.8) is 0 Å². The minimum Gasteiger partial charge on any atom is -0.357 e. The molecule has 2 rings (SSSR count). The monoisotopic (exact) mass is 338 g/mol. The Balaban J connectivity index is 1.79. The number of nitrogens with one attached hydrogen (secondary N) is 2. The molecule has 2 aliphatic rings. The summed E-state index contributed by atoms with van der Waals surface area (Å²) in [6, 6.07) is 0.0383. The highest BCUT2D eigenvalue weighted by molar-refractivity contribution is 8.00. The van der Waals surface area contributed by atoms with Crippen molar-refractivity contribution in [2.45, 2.75) is 43.7 Å². The summed E-state index contributed by atoms with van der Waals surface area (Å²) < 4.78 is 37.2. The molecule has 2 N–H and O–H groups in total. The van der Waals surface area contributed by atoms with Crippen LogP contribution in [0.3, 0.4) is 0 Å². The maximum atomic E-state index is 12.4. The molecule has 2 fully saturated rings. The summed E-state index contributed by atoms with van der Waals surface area (Å²) in [5.41, 5.74) is 0. The Kier molecular flexibility index (Phi) is 6.67. The molecule has 0 aromatic heterocycles. The van der Waals surface area contributed by atoms with E-state index < -0.39 is 12.7 Å². The molecule has 0 aliphatic carbocycles. The highest BCUT2D eigenvalue weighted by atomic mass is 32.2. The molecular formula is C14H25F3N4S. The van der Waals surface area contributed by atoms with E-state index in [9.17, 15) is 13.2 Å². The van der Waals surface area contributed by atoms with E-state index in [1.165, 1.54) is 23.5 Å². The van der Waals surface area contributed by atoms with Crippen LogP contribution in [-0.2, 0) is 0 Å². The van der Waals surface area contributed by atoms with E-state index >= 15 is 0 Å². The fourth-order valence-electron chi connectivity index (χ4n) is 2.84. The number of thioether (sulfide) groups is 1. The Bertz CT molecular complexity index is 370. The highest BCUT2D eigenvalue weighted by Gasteiger charge is 2.34. The van der Waals surface area contributed by atoms with Crippen LogP contribution in [-0.4, -0.2) is 66.8 Å². The van der Waals surface area contributed by atoms with E-state index in [1.54, 1.807) is 0 Å². The lowest BCUT2D eigenvalue weighted by Gasteiger charge is -2.20. The predicted octanol–water partition coefficient (Wildman–Crippen LogP) is 2.07. The van der Waals surface area contributed by atoms with Gasteiger partial charge in [0.15, 0.2) is 5.96 Å². The quantitative estimate of drug-likeness (QED) is 0.595. The lowest BCUT2D eigenvalue weighted by atomic mass is 10.2. The number of likely N-dealkylation sites (tertiary alicyclic amines) is 1. The molecule has 0 saturated carbocycles. The summed E-state index contributed by atoms with van der Waals surface area (Å²) >= 11 is 1.96. The molecule has 2 atom stereocenters. The minimum absolute atomic E-state index is 0.0383. The Hall–Kier alpha value is -0.630. The van der Waals surface area contributed by atoms with Crippen molar-refractivity contribution in [1.82, 2.24) is 15.5 Å². The van der Waals surface area contributed by atoms with Crippen molar-refractivity contribution in [3.05, 3.63) is 0 Å². The summed E-state index contributed by atoms with van der Waals surface area (Å²) in [5.74, 6) is 1.94. The van der Waals surface area contributed by atoms with Gasteiger partial charge in [0.2, 0.25) is 0 Å². The normalized spacial score (nSPS) is 27.4. The lowest BCUT2D eigenvalue weighted by Crippen LogP contribution is -2.45. The summed E-state index contributed by atoms with van der Waals surface area (Å²) in [6.07, 6.45) is -0.938. The molecule has 0 aromatic rings. The Morgan fingerprint density at radius 2 is 2.18 bits per heavy atom. The number of aliphatic imine (C=N–C) groups is 1. The number of hydrogen-bond donors (Lipinski definition) is 2. The number of alkyl halides is 3. The topological polar surface area (TPSA) is 39.7 Å². The molecule has 8 heteroatoms. The van der Waals surface area contributed by atoms with Crippen LogP contribution in [0.2, 0.25) is 0 Å². The summed E-state index contributed by atoms with van der Waals surface area (Å²) in [5, 5.41) is 7.05. The van der Waals surface area contributed by atoms with Crippen LogP contribution < -0.4 is 10.6 Å². The van der Waals surface area contributed by atoms with Crippen molar-refractivity contribution in [2.75, 3.05) is 38.5 Å². The fourth-order valence-corrected chi connectivity index (χ4v) is 4.02. The molecule has 0 radical (unpaired) electrons. The van der Waals surface area contributed by atoms with Gasteiger partial charge in [0.05, 0.1) is 13.1 Å². The maximum Gasteiger partial charge on any atom is 0.401 e. The largest absolute Gasteiger partial charge is 0.401 e. The predicted molar refractivity (Wildman–Crippen MR) is 85.5 cm³/mol. The Morgan fingerprint density at radius 1 is 1.36 bits per heavy atom. The molecule has 2 aliphatic heterocycles. The van der Waals surface area contributed by atoms with Crippen LogP contribution in [0.1, 0.15) is 26.2 Å². The standard InChI is InChI=1S/C14H25F3N4S/c1-2-18-13(19-8-12-4-3-7-22-12)20-11-5-6-21(9-11)10-14(15,16)17/h11-12H,2-10H2,1H3,(H2,18,19,20). The first-order chi connectivity index (χ1) is 10.5. The fraction of sp³-hybridized carbons (Fsp3) is 0.929. The summed E-state index contributed by atoms with van der Waals surface area (Å²) in [4.78, 5) is 6.04. The second-order valence-electron chi connectivity index (χ2n) is 5.83. The van der Waals surface area contributed by atoms with E-state index in [0.29, 0.717) is 18.3 Å². The number of halogens is 3. The number of rotatable bonds is 5. The zero-order valence-corrected chi connectivity index (χ0v) is 13.8. The van der Waals surface area contributed by atoms with Crippen molar-refractivity contribution in [1.29, 1.82) is 0 Å². The van der Waals surface area contributed by atoms with Crippen LogP contribution in [0.25, 0.3) is 0 Å². The van der Waals surface area contributed by atoms with Crippen LogP contribution in [0.5, 0.6) is 0 Å². The molecule has 2 saturated heterocycles. The molecule has 4 nitrogen and oxygen atoms in total. The number of nitrogens with zero attached hydrogens (tertiary/aromatic N) is 2. The third-order valence-electron chi connectivity index (χ3n) is 3.84. The van der Waals surface area contributed by atoms with Gasteiger partial charge >= 0.3 is 6.18 Å². The average molecular weight is 338 g/mol. The molecule has 0 aromatic carbocycles. The number of guanidine groups is 1. The SMILES string of the molecule is CCNC(=NCC1CCCS1)NC1CCN(CC(F)(F)F)C1. The lowest BCUT2D eigenvalue weighted by molar-refractivity contribution is -0.143. The van der Waals surface area contributed by atoms with Gasteiger partial charge in [-0.2, -0.15) is 24.9 Å². The van der Waals surface area contributed by atoms with E-state index in [1.807, 2.05) is 18.7 Å².